The van der Waals surface area contributed by atoms with Gasteiger partial charge in [0.2, 0.25) is 0 Å². The van der Waals surface area contributed by atoms with Gasteiger partial charge in [-0.25, -0.2) is 0 Å². The van der Waals surface area contributed by atoms with Gasteiger partial charge in [-0.15, -0.1) is 0 Å². The Morgan fingerprint density at radius 1 is 0.966 bits per heavy atom. The highest BCUT2D eigenvalue weighted by molar-refractivity contribution is 5.13. The standard InChI is InChI=1S/C24H39N3O2/c1-2-3-4-5-6-7-8-9-10-11-15-18-23-24(22(20-28-23)26-27-25)29-19-21-16-13-12-14-17-21/h12-14,16-17,22-24H,2-11,15,18-20H2,1H3/t22-,23+,24-/m0/s1. The lowest BCUT2D eigenvalue weighted by Gasteiger charge is -2.21. The summed E-state index contributed by atoms with van der Waals surface area (Å²) in [6.07, 6.45) is 15.6. The molecule has 1 aromatic rings. The molecule has 0 N–H and O–H groups in total. The van der Waals surface area contributed by atoms with Crippen LogP contribution in [0.25, 0.3) is 10.4 Å². The third-order valence-electron chi connectivity index (χ3n) is 5.80. The summed E-state index contributed by atoms with van der Waals surface area (Å²) in [4.78, 5) is 2.98. The van der Waals surface area contributed by atoms with Gasteiger partial charge in [-0.05, 0) is 17.5 Å². The molecule has 3 atom stereocenters. The maximum atomic E-state index is 8.84. The minimum atomic E-state index is -0.221. The number of azide groups is 1. The molecule has 2 rings (SSSR count). The highest BCUT2D eigenvalue weighted by Crippen LogP contribution is 2.26. The van der Waals surface area contributed by atoms with Crippen molar-refractivity contribution in [3.8, 4) is 0 Å². The second kappa shape index (κ2) is 15.3. The quantitative estimate of drug-likeness (QED) is 0.126. The second-order valence-electron chi connectivity index (χ2n) is 8.23. The molecule has 0 radical (unpaired) electrons. The lowest BCUT2D eigenvalue weighted by Crippen LogP contribution is -2.32. The molecule has 1 aliphatic rings. The zero-order chi connectivity index (χ0) is 20.6. The molecule has 0 unspecified atom stereocenters. The largest absolute Gasteiger partial charge is 0.375 e. The van der Waals surface area contributed by atoms with Gasteiger partial charge in [-0.3, -0.25) is 0 Å². The van der Waals surface area contributed by atoms with Crippen molar-refractivity contribution in [1.82, 2.24) is 0 Å². The third-order valence-corrected chi connectivity index (χ3v) is 5.80. The van der Waals surface area contributed by atoms with E-state index in [9.17, 15) is 0 Å². The van der Waals surface area contributed by atoms with E-state index in [2.05, 4.69) is 29.1 Å². The van der Waals surface area contributed by atoms with E-state index in [-0.39, 0.29) is 18.2 Å². The third kappa shape index (κ3) is 9.66. The van der Waals surface area contributed by atoms with Gasteiger partial charge in [0.05, 0.1) is 31.5 Å². The maximum Gasteiger partial charge on any atom is 0.0948 e. The first-order valence-electron chi connectivity index (χ1n) is 11.7. The van der Waals surface area contributed by atoms with E-state index in [0.29, 0.717) is 13.2 Å². The van der Waals surface area contributed by atoms with Crippen molar-refractivity contribution < 1.29 is 9.47 Å². The number of unbranched alkanes of at least 4 members (excludes halogenated alkanes) is 10. The Morgan fingerprint density at radius 2 is 1.59 bits per heavy atom. The second-order valence-corrected chi connectivity index (χ2v) is 8.23. The molecule has 1 heterocycles. The van der Waals surface area contributed by atoms with E-state index in [0.717, 1.165) is 18.4 Å². The molecule has 0 bridgehead atoms. The summed E-state index contributed by atoms with van der Waals surface area (Å²) in [5.41, 5.74) is 9.97. The summed E-state index contributed by atoms with van der Waals surface area (Å²) in [7, 11) is 0. The molecule has 29 heavy (non-hydrogen) atoms. The zero-order valence-electron chi connectivity index (χ0n) is 18.2. The van der Waals surface area contributed by atoms with Crippen molar-refractivity contribution >= 4 is 0 Å². The Labute approximate surface area is 176 Å². The van der Waals surface area contributed by atoms with E-state index >= 15 is 0 Å². The van der Waals surface area contributed by atoms with Gasteiger partial charge in [-0.1, -0.05) is 113 Å². The van der Waals surface area contributed by atoms with Gasteiger partial charge in [-0.2, -0.15) is 0 Å². The minimum absolute atomic E-state index is 0.0350. The topological polar surface area (TPSA) is 67.2 Å². The Bertz CT molecular complexity index is 575. The van der Waals surface area contributed by atoms with Crippen LogP contribution in [0.4, 0.5) is 0 Å². The van der Waals surface area contributed by atoms with E-state index in [1.165, 1.54) is 64.2 Å². The number of hydrogen-bond acceptors (Lipinski definition) is 3. The summed E-state index contributed by atoms with van der Waals surface area (Å²) >= 11 is 0. The minimum Gasteiger partial charge on any atom is -0.375 e. The fourth-order valence-corrected chi connectivity index (χ4v) is 4.07. The summed E-state index contributed by atoms with van der Waals surface area (Å²) in [5.74, 6) is 0. The van der Waals surface area contributed by atoms with Crippen LogP contribution in [-0.4, -0.2) is 24.9 Å². The van der Waals surface area contributed by atoms with Crippen LogP contribution >= 0.6 is 0 Å². The highest BCUT2D eigenvalue weighted by Gasteiger charge is 2.37. The van der Waals surface area contributed by atoms with Gasteiger partial charge >= 0.3 is 0 Å². The monoisotopic (exact) mass is 401 g/mol. The number of nitrogens with zero attached hydrogens (tertiary/aromatic N) is 3. The van der Waals surface area contributed by atoms with Gasteiger partial charge in [0.1, 0.15) is 0 Å². The first kappa shape index (κ1) is 23.7. The van der Waals surface area contributed by atoms with Gasteiger partial charge in [0.15, 0.2) is 0 Å². The van der Waals surface area contributed by atoms with Crippen LogP contribution in [0.3, 0.4) is 0 Å². The fourth-order valence-electron chi connectivity index (χ4n) is 4.07. The van der Waals surface area contributed by atoms with Crippen molar-refractivity contribution in [2.24, 2.45) is 5.11 Å². The van der Waals surface area contributed by atoms with Crippen LogP contribution in [0.2, 0.25) is 0 Å². The molecule has 0 spiro atoms. The Hall–Kier alpha value is -1.55. The molecule has 5 nitrogen and oxygen atoms in total. The molecule has 1 saturated heterocycles. The van der Waals surface area contributed by atoms with Gasteiger partial charge < -0.3 is 9.47 Å². The number of rotatable bonds is 16. The summed E-state index contributed by atoms with van der Waals surface area (Å²) < 4.78 is 12.0. The fraction of sp³-hybridized carbons (Fsp3) is 0.750. The number of benzene rings is 1. The van der Waals surface area contributed by atoms with Gasteiger partial charge in [0.25, 0.3) is 0 Å². The molecule has 162 valence electrons. The molecule has 0 amide bonds. The normalized spacial score (nSPS) is 21.2. The van der Waals surface area contributed by atoms with Crippen molar-refractivity contribution in [1.29, 1.82) is 0 Å². The molecule has 0 aliphatic carbocycles. The van der Waals surface area contributed by atoms with Crippen LogP contribution in [0.1, 0.15) is 89.5 Å². The van der Waals surface area contributed by atoms with E-state index in [4.69, 9.17) is 15.0 Å². The van der Waals surface area contributed by atoms with Crippen molar-refractivity contribution in [2.45, 2.75) is 109 Å². The molecule has 1 aliphatic heterocycles. The van der Waals surface area contributed by atoms with Crippen molar-refractivity contribution in [2.75, 3.05) is 6.61 Å². The lowest BCUT2D eigenvalue weighted by atomic mass is 10.0. The SMILES string of the molecule is CCCCCCCCCCCCC[C@H]1OC[C@H](N=[N+]=[N-])[C@@H]1OCc1ccccc1. The van der Waals surface area contributed by atoms with E-state index in [1.54, 1.807) is 0 Å². The van der Waals surface area contributed by atoms with E-state index in [1.807, 2.05) is 18.2 Å². The molecule has 1 aromatic carbocycles. The first-order valence-corrected chi connectivity index (χ1v) is 11.7. The highest BCUT2D eigenvalue weighted by atomic mass is 16.6. The molecule has 5 heteroatoms. The summed E-state index contributed by atoms with van der Waals surface area (Å²) in [5, 5.41) is 3.90. The zero-order valence-corrected chi connectivity index (χ0v) is 18.2. The average molecular weight is 402 g/mol. The van der Waals surface area contributed by atoms with Crippen LogP contribution in [0.15, 0.2) is 35.4 Å². The first-order chi connectivity index (χ1) is 14.3. The van der Waals surface area contributed by atoms with Crippen LogP contribution in [0.5, 0.6) is 0 Å². The number of ether oxygens (including phenoxy) is 2. The van der Waals surface area contributed by atoms with Crippen LogP contribution in [0, 0.1) is 0 Å². The molecular weight excluding hydrogens is 362 g/mol. The molecule has 1 fully saturated rings. The number of hydrogen-bond donors (Lipinski definition) is 0. The van der Waals surface area contributed by atoms with Crippen molar-refractivity contribution in [3.63, 3.8) is 0 Å². The molecule has 0 aromatic heterocycles. The Balaban J connectivity index is 1.60. The smallest absolute Gasteiger partial charge is 0.0948 e. The van der Waals surface area contributed by atoms with Crippen molar-refractivity contribution in [3.05, 3.63) is 46.3 Å². The van der Waals surface area contributed by atoms with Crippen LogP contribution in [-0.2, 0) is 16.1 Å². The summed E-state index contributed by atoms with van der Waals surface area (Å²) in [6, 6.07) is 9.91. The Morgan fingerprint density at radius 3 is 2.21 bits per heavy atom. The predicted molar refractivity (Wildman–Crippen MR) is 119 cm³/mol. The van der Waals surface area contributed by atoms with Gasteiger partial charge in [0, 0.05) is 4.91 Å². The molecular formula is C24H39N3O2. The van der Waals surface area contributed by atoms with E-state index < -0.39 is 0 Å². The predicted octanol–water partition coefficient (Wildman–Crippen LogP) is 7.35. The molecule has 0 saturated carbocycles. The van der Waals surface area contributed by atoms with Crippen LogP contribution < -0.4 is 0 Å². The lowest BCUT2D eigenvalue weighted by molar-refractivity contribution is -0.0241. The Kier molecular flexibility index (Phi) is 12.5. The maximum absolute atomic E-state index is 8.84. The summed E-state index contributed by atoms with van der Waals surface area (Å²) in [6.45, 7) is 3.26. The average Bonchev–Trinajstić information content (AvgIpc) is 3.13.